The molecule has 7 nitrogen and oxygen atoms in total. The number of benzene rings is 2. The van der Waals surface area contributed by atoms with Gasteiger partial charge in [0.1, 0.15) is 24.3 Å². The van der Waals surface area contributed by atoms with E-state index in [1.54, 1.807) is 12.1 Å². The van der Waals surface area contributed by atoms with Crippen molar-refractivity contribution < 1.29 is 19.0 Å². The highest BCUT2D eigenvalue weighted by Crippen LogP contribution is 2.41. The molecule has 2 N–H and O–H groups in total. The van der Waals surface area contributed by atoms with E-state index in [1.807, 2.05) is 19.1 Å². The molecule has 0 saturated heterocycles. The van der Waals surface area contributed by atoms with E-state index in [1.165, 1.54) is 7.11 Å². The van der Waals surface area contributed by atoms with Crippen LogP contribution < -0.4 is 14.8 Å². The van der Waals surface area contributed by atoms with Crippen LogP contribution in [0.3, 0.4) is 0 Å². The van der Waals surface area contributed by atoms with Gasteiger partial charge in [-0.2, -0.15) is 0 Å². The Hall–Kier alpha value is -2.93. The molecule has 8 heteroatoms. The van der Waals surface area contributed by atoms with Crippen molar-refractivity contribution >= 4 is 40.2 Å². The van der Waals surface area contributed by atoms with E-state index in [-0.39, 0.29) is 5.56 Å². The Kier molecular flexibility index (Phi) is 4.08. The lowest BCUT2D eigenvalue weighted by molar-refractivity contribution is 0.0591. The van der Waals surface area contributed by atoms with Crippen molar-refractivity contribution in [2.45, 2.75) is 6.92 Å². The monoisotopic (exact) mass is 373 g/mol. The maximum Gasteiger partial charge on any atom is 0.341 e. The Morgan fingerprint density at radius 2 is 2.08 bits per heavy atom. The largest absolute Gasteiger partial charge is 0.485 e. The van der Waals surface area contributed by atoms with Gasteiger partial charge in [-0.15, -0.1) is 0 Å². The lowest BCUT2D eigenvalue weighted by Crippen LogP contribution is -2.18. The molecular formula is C18H16ClN3O4. The number of aromatic nitrogens is 2. The van der Waals surface area contributed by atoms with Crippen LogP contribution in [0.15, 0.2) is 24.3 Å². The van der Waals surface area contributed by atoms with Crippen LogP contribution in [0.1, 0.15) is 15.9 Å². The molecular weight excluding hydrogens is 358 g/mol. The van der Waals surface area contributed by atoms with Crippen LogP contribution in [0.2, 0.25) is 5.02 Å². The second-order valence-corrected chi connectivity index (χ2v) is 6.21. The number of rotatable bonds is 3. The number of nitrogens with one attached hydrogen (secondary N) is 2. The Balaban J connectivity index is 1.83. The standard InChI is InChI=1S/C18H16ClN3O4/c1-9-4-3-5-11(19)13(9)21-18-20-12-8-10(17(23)24-2)15-16(14(12)22-18)26-7-6-25-15/h3-5,8H,6-7H2,1-2H3,(H2,20,21,22). The van der Waals surface area contributed by atoms with Crippen molar-refractivity contribution in [3.8, 4) is 11.5 Å². The number of ether oxygens (including phenoxy) is 3. The number of carbonyl (C=O) groups is 1. The molecule has 0 fully saturated rings. The second kappa shape index (κ2) is 6.42. The molecule has 0 bridgehead atoms. The fraction of sp³-hybridized carbons (Fsp3) is 0.222. The normalized spacial score (nSPS) is 12.9. The summed E-state index contributed by atoms with van der Waals surface area (Å²) < 4.78 is 16.2. The maximum atomic E-state index is 12.1. The van der Waals surface area contributed by atoms with Gasteiger partial charge >= 0.3 is 5.97 Å². The Labute approximate surface area is 154 Å². The van der Waals surface area contributed by atoms with Crippen molar-refractivity contribution in [1.29, 1.82) is 0 Å². The number of methoxy groups -OCH3 is 1. The second-order valence-electron chi connectivity index (χ2n) is 5.81. The minimum atomic E-state index is -0.506. The third-order valence-corrected chi connectivity index (χ3v) is 4.45. The zero-order valence-electron chi connectivity index (χ0n) is 14.2. The number of anilines is 2. The third-order valence-electron chi connectivity index (χ3n) is 4.14. The molecule has 1 aromatic heterocycles. The summed E-state index contributed by atoms with van der Waals surface area (Å²) in [5.41, 5.74) is 3.21. The van der Waals surface area contributed by atoms with E-state index < -0.39 is 5.97 Å². The number of imidazole rings is 1. The SMILES string of the molecule is COC(=O)c1cc2nc(Nc3c(C)cccc3Cl)[nH]c2c2c1OCCO2. The summed E-state index contributed by atoms with van der Waals surface area (Å²) in [4.78, 5) is 19.8. The molecule has 2 aromatic carbocycles. The van der Waals surface area contributed by atoms with Crippen LogP contribution in [0.25, 0.3) is 11.0 Å². The number of aryl methyl sites for hydroxylation is 1. The Morgan fingerprint density at radius 3 is 2.81 bits per heavy atom. The molecule has 134 valence electrons. The number of fused-ring (bicyclic) bond motifs is 3. The number of halogens is 1. The number of nitrogens with zero attached hydrogens (tertiary/aromatic N) is 1. The summed E-state index contributed by atoms with van der Waals surface area (Å²) in [7, 11) is 1.32. The van der Waals surface area contributed by atoms with E-state index in [9.17, 15) is 4.79 Å². The summed E-state index contributed by atoms with van der Waals surface area (Å²) in [6.45, 7) is 2.70. The summed E-state index contributed by atoms with van der Waals surface area (Å²) in [6.07, 6.45) is 0. The van der Waals surface area contributed by atoms with Crippen molar-refractivity contribution in [2.24, 2.45) is 0 Å². The van der Waals surface area contributed by atoms with Crippen LogP contribution in [-0.4, -0.2) is 36.3 Å². The fourth-order valence-electron chi connectivity index (χ4n) is 2.90. The number of H-pyrrole nitrogens is 1. The highest BCUT2D eigenvalue weighted by molar-refractivity contribution is 6.33. The predicted molar refractivity (Wildman–Crippen MR) is 97.9 cm³/mol. The van der Waals surface area contributed by atoms with E-state index in [4.69, 9.17) is 25.8 Å². The van der Waals surface area contributed by atoms with Gasteiger partial charge < -0.3 is 24.5 Å². The minimum Gasteiger partial charge on any atom is -0.485 e. The molecule has 0 atom stereocenters. The van der Waals surface area contributed by atoms with Crippen LogP contribution >= 0.6 is 11.6 Å². The van der Waals surface area contributed by atoms with Crippen molar-refractivity contribution in [1.82, 2.24) is 9.97 Å². The molecule has 1 aliphatic heterocycles. The van der Waals surface area contributed by atoms with Crippen LogP contribution in [-0.2, 0) is 4.74 Å². The van der Waals surface area contributed by atoms with Gasteiger partial charge in [0, 0.05) is 0 Å². The first kappa shape index (κ1) is 16.5. The average Bonchev–Trinajstić information content (AvgIpc) is 3.06. The Bertz CT molecular complexity index is 995. The average molecular weight is 374 g/mol. The highest BCUT2D eigenvalue weighted by atomic mass is 35.5. The molecule has 0 unspecified atom stereocenters. The van der Waals surface area contributed by atoms with Gasteiger partial charge in [-0.3, -0.25) is 0 Å². The molecule has 0 aliphatic carbocycles. The quantitative estimate of drug-likeness (QED) is 0.679. The fourth-order valence-corrected chi connectivity index (χ4v) is 3.17. The zero-order chi connectivity index (χ0) is 18.3. The Morgan fingerprint density at radius 1 is 1.31 bits per heavy atom. The smallest absolute Gasteiger partial charge is 0.341 e. The van der Waals surface area contributed by atoms with Gasteiger partial charge in [-0.05, 0) is 24.6 Å². The first-order valence-corrected chi connectivity index (χ1v) is 8.39. The molecule has 26 heavy (non-hydrogen) atoms. The summed E-state index contributed by atoms with van der Waals surface area (Å²) in [6, 6.07) is 7.25. The first-order valence-electron chi connectivity index (χ1n) is 8.01. The molecule has 3 aromatic rings. The van der Waals surface area contributed by atoms with Gasteiger partial charge in [0.2, 0.25) is 5.95 Å². The topological polar surface area (TPSA) is 85.5 Å². The zero-order valence-corrected chi connectivity index (χ0v) is 14.9. The first-order chi connectivity index (χ1) is 12.6. The van der Waals surface area contributed by atoms with Crippen molar-refractivity contribution in [3.63, 3.8) is 0 Å². The summed E-state index contributed by atoms with van der Waals surface area (Å²) >= 11 is 6.27. The minimum absolute atomic E-state index is 0.279. The van der Waals surface area contributed by atoms with E-state index in [0.717, 1.165) is 11.3 Å². The highest BCUT2D eigenvalue weighted by Gasteiger charge is 2.26. The lowest BCUT2D eigenvalue weighted by atomic mass is 10.1. The van der Waals surface area contributed by atoms with Crippen LogP contribution in [0.5, 0.6) is 11.5 Å². The molecule has 0 saturated carbocycles. The number of esters is 1. The third kappa shape index (κ3) is 2.70. The summed E-state index contributed by atoms with van der Waals surface area (Å²) in [5.74, 6) is 0.785. The number of hydrogen-bond donors (Lipinski definition) is 2. The van der Waals surface area contributed by atoms with Crippen molar-refractivity contribution in [2.75, 3.05) is 25.6 Å². The van der Waals surface area contributed by atoms with Gasteiger partial charge in [0.15, 0.2) is 11.5 Å². The number of hydrogen-bond acceptors (Lipinski definition) is 6. The number of carbonyl (C=O) groups excluding carboxylic acids is 1. The van der Waals surface area contributed by atoms with E-state index >= 15 is 0 Å². The molecule has 0 spiro atoms. The van der Waals surface area contributed by atoms with Crippen molar-refractivity contribution in [3.05, 3.63) is 40.4 Å². The van der Waals surface area contributed by atoms with E-state index in [2.05, 4.69) is 15.3 Å². The van der Waals surface area contributed by atoms with Crippen LogP contribution in [0.4, 0.5) is 11.6 Å². The number of aromatic amines is 1. The number of para-hydroxylation sites is 1. The van der Waals surface area contributed by atoms with Gasteiger partial charge in [0.25, 0.3) is 0 Å². The molecule has 2 heterocycles. The van der Waals surface area contributed by atoms with E-state index in [0.29, 0.717) is 46.7 Å². The molecule has 1 aliphatic rings. The van der Waals surface area contributed by atoms with Gasteiger partial charge in [-0.1, -0.05) is 23.7 Å². The van der Waals surface area contributed by atoms with Crippen LogP contribution in [0, 0.1) is 6.92 Å². The predicted octanol–water partition coefficient (Wildman–Crippen LogP) is 3.83. The maximum absolute atomic E-state index is 12.1. The molecule has 0 radical (unpaired) electrons. The lowest BCUT2D eigenvalue weighted by Gasteiger charge is -2.20. The summed E-state index contributed by atoms with van der Waals surface area (Å²) in [5, 5.41) is 3.77. The molecule has 4 rings (SSSR count). The van der Waals surface area contributed by atoms with Gasteiger partial charge in [-0.25, -0.2) is 9.78 Å². The molecule has 0 amide bonds. The van der Waals surface area contributed by atoms with Gasteiger partial charge in [0.05, 0.1) is 23.3 Å².